The maximum atomic E-state index is 14.3. The Morgan fingerprint density at radius 1 is 1.27 bits per heavy atom. The van der Waals surface area contributed by atoms with Crippen LogP contribution in [0.25, 0.3) is 0 Å². The molecule has 1 saturated heterocycles. The fourth-order valence-corrected chi connectivity index (χ4v) is 1.94. The molecule has 1 N–H and O–H groups in total. The summed E-state index contributed by atoms with van der Waals surface area (Å²) in [4.78, 5) is 0. The van der Waals surface area contributed by atoms with Crippen molar-refractivity contribution in [2.24, 2.45) is 0 Å². The average Bonchev–Trinajstić information content (AvgIpc) is 2.23. The highest BCUT2D eigenvalue weighted by Gasteiger charge is 2.36. The van der Waals surface area contributed by atoms with E-state index in [1.165, 1.54) is 0 Å². The minimum Gasteiger partial charge on any atom is -0.313 e. The van der Waals surface area contributed by atoms with Crippen LogP contribution >= 0.6 is 0 Å². The molecule has 1 aliphatic rings. The molecular formula is C11H12F3N. The first kappa shape index (κ1) is 10.5. The molecule has 1 aliphatic heterocycles. The number of piperidine rings is 1. The first-order chi connectivity index (χ1) is 7.12. The van der Waals surface area contributed by atoms with Gasteiger partial charge >= 0.3 is 0 Å². The molecule has 1 heterocycles. The lowest BCUT2D eigenvalue weighted by Crippen LogP contribution is -2.40. The number of rotatable bonds is 1. The summed E-state index contributed by atoms with van der Waals surface area (Å²) in [6.45, 7) is 0.774. The lowest BCUT2D eigenvalue weighted by molar-refractivity contribution is 0.116. The van der Waals surface area contributed by atoms with Crippen molar-refractivity contribution >= 4 is 0 Å². The molecule has 0 radical (unpaired) electrons. The zero-order valence-electron chi connectivity index (χ0n) is 8.19. The van der Waals surface area contributed by atoms with Gasteiger partial charge in [0.1, 0.15) is 11.6 Å². The molecule has 0 aliphatic carbocycles. The summed E-state index contributed by atoms with van der Waals surface area (Å²) in [6, 6.07) is 2.92. The lowest BCUT2D eigenvalue weighted by Gasteiger charge is -2.30. The van der Waals surface area contributed by atoms with E-state index in [-0.39, 0.29) is 18.5 Å². The predicted octanol–water partition coefficient (Wildman–Crippen LogP) is 2.51. The maximum Gasteiger partial charge on any atom is 0.151 e. The first-order valence-electron chi connectivity index (χ1n) is 4.97. The molecular weight excluding hydrogens is 203 g/mol. The second-order valence-corrected chi connectivity index (χ2v) is 3.87. The minimum absolute atomic E-state index is 0.0490. The van der Waals surface area contributed by atoms with Gasteiger partial charge in [-0.3, -0.25) is 0 Å². The van der Waals surface area contributed by atoms with E-state index in [0.717, 1.165) is 24.7 Å². The Balaban J connectivity index is 2.38. The van der Waals surface area contributed by atoms with E-state index in [9.17, 15) is 13.2 Å². The number of halogens is 3. The van der Waals surface area contributed by atoms with Crippen LogP contribution < -0.4 is 5.32 Å². The van der Waals surface area contributed by atoms with Crippen molar-refractivity contribution in [2.45, 2.75) is 18.5 Å². The monoisotopic (exact) mass is 215 g/mol. The van der Waals surface area contributed by atoms with Crippen LogP contribution in [0.5, 0.6) is 0 Å². The van der Waals surface area contributed by atoms with E-state index in [1.54, 1.807) is 0 Å². The van der Waals surface area contributed by atoms with Gasteiger partial charge in [-0.05, 0) is 37.6 Å². The fourth-order valence-electron chi connectivity index (χ4n) is 1.94. The fraction of sp³-hybridized carbons (Fsp3) is 0.455. The van der Waals surface area contributed by atoms with E-state index >= 15 is 0 Å². The van der Waals surface area contributed by atoms with Crippen LogP contribution in [0.1, 0.15) is 18.4 Å². The molecule has 1 nitrogen and oxygen atoms in total. The molecule has 0 spiro atoms. The Labute approximate surface area is 86.3 Å². The Bertz CT molecular complexity index is 359. The Morgan fingerprint density at radius 3 is 2.73 bits per heavy atom. The topological polar surface area (TPSA) is 12.0 Å². The highest BCUT2D eigenvalue weighted by molar-refractivity contribution is 5.26. The highest BCUT2D eigenvalue weighted by atomic mass is 19.2. The standard InChI is InChI=1S/C11H12F3N/c12-8-2-3-10(13)9(6-8)11(14)4-1-5-15-7-11/h2-3,6,15H,1,4-5,7H2. The van der Waals surface area contributed by atoms with Crippen molar-refractivity contribution in [1.82, 2.24) is 5.32 Å². The molecule has 0 amide bonds. The molecule has 15 heavy (non-hydrogen) atoms. The van der Waals surface area contributed by atoms with Crippen LogP contribution in [0.15, 0.2) is 18.2 Å². The van der Waals surface area contributed by atoms with Gasteiger partial charge in [0.05, 0.1) is 0 Å². The zero-order valence-corrected chi connectivity index (χ0v) is 8.19. The van der Waals surface area contributed by atoms with E-state index in [0.29, 0.717) is 6.42 Å². The largest absolute Gasteiger partial charge is 0.313 e. The van der Waals surface area contributed by atoms with E-state index < -0.39 is 17.3 Å². The third kappa shape index (κ3) is 2.00. The summed E-state index contributed by atoms with van der Waals surface area (Å²) >= 11 is 0. The molecule has 1 fully saturated rings. The Hall–Kier alpha value is -1.03. The van der Waals surface area contributed by atoms with Gasteiger partial charge < -0.3 is 5.32 Å². The van der Waals surface area contributed by atoms with E-state index in [4.69, 9.17) is 0 Å². The van der Waals surface area contributed by atoms with Gasteiger partial charge in [0.25, 0.3) is 0 Å². The summed E-state index contributed by atoms with van der Waals surface area (Å²) in [5, 5.41) is 2.86. The third-order valence-corrected chi connectivity index (χ3v) is 2.74. The van der Waals surface area contributed by atoms with Crippen molar-refractivity contribution in [3.63, 3.8) is 0 Å². The smallest absolute Gasteiger partial charge is 0.151 e. The first-order valence-corrected chi connectivity index (χ1v) is 4.97. The van der Waals surface area contributed by atoms with Crippen molar-refractivity contribution in [2.75, 3.05) is 13.1 Å². The predicted molar refractivity (Wildman–Crippen MR) is 51.2 cm³/mol. The highest BCUT2D eigenvalue weighted by Crippen LogP contribution is 2.34. The van der Waals surface area contributed by atoms with Gasteiger partial charge in [0, 0.05) is 12.1 Å². The molecule has 82 valence electrons. The van der Waals surface area contributed by atoms with Crippen LogP contribution in [0.3, 0.4) is 0 Å². The molecule has 4 heteroatoms. The number of hydrogen-bond acceptors (Lipinski definition) is 1. The molecule has 2 rings (SSSR count). The summed E-state index contributed by atoms with van der Waals surface area (Å²) in [6.07, 6.45) is 0.868. The molecule has 0 bridgehead atoms. The van der Waals surface area contributed by atoms with Crippen molar-refractivity contribution in [3.8, 4) is 0 Å². The normalized spacial score (nSPS) is 26.6. The molecule has 0 saturated carbocycles. The summed E-state index contributed by atoms with van der Waals surface area (Å²) in [7, 11) is 0. The molecule has 1 unspecified atom stereocenters. The van der Waals surface area contributed by atoms with Gasteiger partial charge in [-0.1, -0.05) is 0 Å². The van der Waals surface area contributed by atoms with Crippen molar-refractivity contribution in [1.29, 1.82) is 0 Å². The maximum absolute atomic E-state index is 14.3. The van der Waals surface area contributed by atoms with Crippen molar-refractivity contribution in [3.05, 3.63) is 35.4 Å². The quantitative estimate of drug-likeness (QED) is 0.759. The average molecular weight is 215 g/mol. The van der Waals surface area contributed by atoms with Crippen LogP contribution in [0.2, 0.25) is 0 Å². The lowest BCUT2D eigenvalue weighted by atomic mass is 9.88. The Morgan fingerprint density at radius 2 is 2.07 bits per heavy atom. The molecule has 1 aromatic rings. The van der Waals surface area contributed by atoms with Crippen LogP contribution in [-0.4, -0.2) is 13.1 Å². The van der Waals surface area contributed by atoms with Gasteiger partial charge in [0.15, 0.2) is 5.67 Å². The zero-order chi connectivity index (χ0) is 10.9. The molecule has 1 aromatic carbocycles. The van der Waals surface area contributed by atoms with Crippen LogP contribution in [0, 0.1) is 11.6 Å². The number of benzene rings is 1. The summed E-state index contributed by atoms with van der Waals surface area (Å²) in [5.41, 5.74) is -1.94. The SMILES string of the molecule is Fc1ccc(F)c(C2(F)CCCNC2)c1. The molecule has 1 atom stereocenters. The number of nitrogens with one attached hydrogen (secondary N) is 1. The van der Waals surface area contributed by atoms with Gasteiger partial charge in [0.2, 0.25) is 0 Å². The van der Waals surface area contributed by atoms with Crippen molar-refractivity contribution < 1.29 is 13.2 Å². The van der Waals surface area contributed by atoms with Gasteiger partial charge in [-0.15, -0.1) is 0 Å². The van der Waals surface area contributed by atoms with Crippen LogP contribution in [0.4, 0.5) is 13.2 Å². The third-order valence-electron chi connectivity index (χ3n) is 2.74. The van der Waals surface area contributed by atoms with E-state index in [1.807, 2.05) is 0 Å². The summed E-state index contributed by atoms with van der Waals surface area (Å²) < 4.78 is 40.6. The molecule has 0 aromatic heterocycles. The minimum atomic E-state index is -1.77. The summed E-state index contributed by atoms with van der Waals surface area (Å²) in [5.74, 6) is -1.28. The van der Waals surface area contributed by atoms with Crippen LogP contribution in [-0.2, 0) is 5.67 Å². The number of alkyl halides is 1. The number of hydrogen-bond donors (Lipinski definition) is 1. The van der Waals surface area contributed by atoms with E-state index in [2.05, 4.69) is 5.32 Å². The van der Waals surface area contributed by atoms with Gasteiger partial charge in [-0.2, -0.15) is 0 Å². The Kier molecular flexibility index (Phi) is 2.69. The second-order valence-electron chi connectivity index (χ2n) is 3.87. The second kappa shape index (κ2) is 3.85. The van der Waals surface area contributed by atoms with Gasteiger partial charge in [-0.25, -0.2) is 13.2 Å².